The summed E-state index contributed by atoms with van der Waals surface area (Å²) in [4.78, 5) is 19.5. The van der Waals surface area contributed by atoms with Crippen LogP contribution in [0.15, 0.2) is 21.6 Å². The standard InChI is InChI=1S/C18H18BrClN2O3S/c1-3-25-18(24)15-12-4-5-22(2)9-14(12)26-17(15)21-8-10-6-11(20)7-13(19)16(10)23/h6-8,23H,3-5,9H2,1-2H3/b21-8+. The number of ether oxygens (including phenoxy) is 1. The van der Waals surface area contributed by atoms with Crippen molar-refractivity contribution in [3.63, 3.8) is 0 Å². The van der Waals surface area contributed by atoms with Crippen molar-refractivity contribution in [3.8, 4) is 5.75 Å². The van der Waals surface area contributed by atoms with Crippen molar-refractivity contribution in [2.24, 2.45) is 4.99 Å². The van der Waals surface area contributed by atoms with Crippen molar-refractivity contribution in [1.82, 2.24) is 0 Å². The molecule has 1 aliphatic rings. The summed E-state index contributed by atoms with van der Waals surface area (Å²) in [6.07, 6.45) is 2.28. The van der Waals surface area contributed by atoms with Crippen LogP contribution in [0.4, 0.5) is 5.00 Å². The van der Waals surface area contributed by atoms with Crippen LogP contribution in [0, 0.1) is 0 Å². The van der Waals surface area contributed by atoms with Gasteiger partial charge in [0.05, 0.1) is 25.1 Å². The quantitative estimate of drug-likeness (QED) is 0.567. The minimum Gasteiger partial charge on any atom is -0.871 e. The van der Waals surface area contributed by atoms with Gasteiger partial charge in [-0.05, 0) is 30.2 Å². The number of aliphatic imine (C=N–C) groups is 1. The minimum atomic E-state index is -0.355. The summed E-state index contributed by atoms with van der Waals surface area (Å²) in [7, 11) is 2.13. The molecule has 1 aromatic heterocycles. The average Bonchev–Trinajstić information content (AvgIpc) is 2.94. The molecule has 138 valence electrons. The highest BCUT2D eigenvalue weighted by Crippen LogP contribution is 2.38. The maximum absolute atomic E-state index is 12.5. The molecule has 0 aliphatic carbocycles. The second-order valence-corrected chi connectivity index (χ2v) is 8.48. The maximum atomic E-state index is 12.5. The first kappa shape index (κ1) is 19.4. The first-order valence-corrected chi connectivity index (χ1v) is 10.2. The highest BCUT2D eigenvalue weighted by Gasteiger charge is 2.29. The Bertz CT molecular complexity index is 882. The Hall–Kier alpha value is -1.41. The van der Waals surface area contributed by atoms with Gasteiger partial charge in [0.2, 0.25) is 0 Å². The second-order valence-electron chi connectivity index (χ2n) is 6.10. The van der Waals surface area contributed by atoms with E-state index in [0.717, 1.165) is 30.0 Å². The van der Waals surface area contributed by atoms with E-state index in [4.69, 9.17) is 16.3 Å². The van der Waals surface area contributed by atoms with Crippen LogP contribution >= 0.6 is 38.9 Å². The fourth-order valence-electron chi connectivity index (χ4n) is 2.91. The molecule has 1 aromatic carbocycles. The van der Waals surface area contributed by atoms with Gasteiger partial charge in [0, 0.05) is 22.1 Å². The lowest BCUT2D eigenvalue weighted by Gasteiger charge is -2.19. The topological polar surface area (TPSA) is 66.2 Å². The molecule has 0 fully saturated rings. The monoisotopic (exact) mass is 456 g/mol. The predicted molar refractivity (Wildman–Crippen MR) is 105 cm³/mol. The molecule has 0 spiro atoms. The Balaban J connectivity index is 2.03. The number of esters is 1. The molecule has 0 saturated heterocycles. The maximum Gasteiger partial charge on any atom is 0.341 e. The third-order valence-corrected chi connectivity index (χ3v) is 6.12. The molecule has 1 unspecified atom stereocenters. The van der Waals surface area contributed by atoms with Crippen LogP contribution in [-0.4, -0.2) is 32.4 Å². The Morgan fingerprint density at radius 1 is 1.54 bits per heavy atom. The fraction of sp³-hybridized carbons (Fsp3) is 0.333. The lowest BCUT2D eigenvalue weighted by Crippen LogP contribution is -3.08. The number of nitrogens with one attached hydrogen (secondary N) is 1. The third-order valence-electron chi connectivity index (χ3n) is 4.17. The molecule has 2 aromatic rings. The summed E-state index contributed by atoms with van der Waals surface area (Å²) in [5, 5.41) is 13.2. The molecule has 5 nitrogen and oxygen atoms in total. The van der Waals surface area contributed by atoms with Gasteiger partial charge in [0.15, 0.2) is 0 Å². The fourth-order valence-corrected chi connectivity index (χ4v) is 5.04. The van der Waals surface area contributed by atoms with E-state index < -0.39 is 0 Å². The number of halogens is 2. The first-order chi connectivity index (χ1) is 12.4. The summed E-state index contributed by atoms with van der Waals surface area (Å²) in [5.74, 6) is -0.548. The highest BCUT2D eigenvalue weighted by molar-refractivity contribution is 9.10. The first-order valence-electron chi connectivity index (χ1n) is 8.23. The molecule has 1 aliphatic heterocycles. The lowest BCUT2D eigenvalue weighted by atomic mass is 10.0. The number of hydrogen-bond acceptors (Lipinski definition) is 5. The van der Waals surface area contributed by atoms with Crippen LogP contribution in [-0.2, 0) is 17.7 Å². The molecular formula is C18H18BrClN2O3S. The largest absolute Gasteiger partial charge is 0.871 e. The van der Waals surface area contributed by atoms with Crippen molar-refractivity contribution >= 4 is 56.1 Å². The van der Waals surface area contributed by atoms with E-state index in [1.807, 2.05) is 0 Å². The van der Waals surface area contributed by atoms with E-state index in [1.165, 1.54) is 22.5 Å². The number of rotatable bonds is 4. The van der Waals surface area contributed by atoms with Crippen LogP contribution in [0.2, 0.25) is 5.02 Å². The normalized spacial score (nSPS) is 16.7. The zero-order chi connectivity index (χ0) is 18.8. The van der Waals surface area contributed by atoms with Gasteiger partial charge < -0.3 is 14.7 Å². The van der Waals surface area contributed by atoms with Gasteiger partial charge in [-0.2, -0.15) is 0 Å². The van der Waals surface area contributed by atoms with Crippen molar-refractivity contribution < 1.29 is 19.5 Å². The third kappa shape index (κ3) is 3.96. The predicted octanol–water partition coefficient (Wildman–Crippen LogP) is 2.74. The number of carbonyl (C=O) groups is 1. The molecular weight excluding hydrogens is 440 g/mol. The van der Waals surface area contributed by atoms with E-state index >= 15 is 0 Å². The van der Waals surface area contributed by atoms with E-state index in [0.29, 0.717) is 32.2 Å². The zero-order valence-corrected chi connectivity index (χ0v) is 17.6. The number of hydrogen-bond donors (Lipinski definition) is 1. The van der Waals surface area contributed by atoms with Crippen LogP contribution in [0.25, 0.3) is 0 Å². The van der Waals surface area contributed by atoms with E-state index in [9.17, 15) is 9.90 Å². The number of carbonyl (C=O) groups excluding carboxylic acids is 1. The molecule has 26 heavy (non-hydrogen) atoms. The molecule has 3 rings (SSSR count). The SMILES string of the molecule is CCOC(=O)c1c(/N=C/c2cc(Cl)cc(Br)c2[O-])sc2c1CC[NH+](C)C2. The van der Waals surface area contributed by atoms with Crippen LogP contribution in [0.3, 0.4) is 0 Å². The van der Waals surface area contributed by atoms with Gasteiger partial charge in [0.25, 0.3) is 0 Å². The summed E-state index contributed by atoms with van der Waals surface area (Å²) in [5.41, 5.74) is 1.93. The zero-order valence-electron chi connectivity index (χ0n) is 14.4. The van der Waals surface area contributed by atoms with Crippen molar-refractivity contribution in [2.45, 2.75) is 19.9 Å². The minimum absolute atomic E-state index is 0.193. The Morgan fingerprint density at radius 3 is 3.04 bits per heavy atom. The van der Waals surface area contributed by atoms with E-state index in [1.54, 1.807) is 19.1 Å². The van der Waals surface area contributed by atoms with Crippen LogP contribution in [0.1, 0.15) is 33.3 Å². The van der Waals surface area contributed by atoms with Gasteiger partial charge in [0.1, 0.15) is 17.1 Å². The number of thiophene rings is 1. The van der Waals surface area contributed by atoms with E-state index in [-0.39, 0.29) is 11.7 Å². The summed E-state index contributed by atoms with van der Waals surface area (Å²) < 4.78 is 5.61. The number of likely N-dealkylation sites (N-methyl/N-ethyl adjacent to an activating group) is 1. The number of quaternary nitrogens is 1. The van der Waals surface area contributed by atoms with E-state index in [2.05, 4.69) is 28.0 Å². The molecule has 1 atom stereocenters. The van der Waals surface area contributed by atoms with Crippen LogP contribution < -0.4 is 10.0 Å². The van der Waals surface area contributed by atoms with Gasteiger partial charge in [-0.15, -0.1) is 11.3 Å². The second kappa shape index (κ2) is 8.08. The van der Waals surface area contributed by atoms with Crippen molar-refractivity contribution in [1.29, 1.82) is 0 Å². The molecule has 0 bridgehead atoms. The number of fused-ring (bicyclic) bond motifs is 1. The molecule has 8 heteroatoms. The average molecular weight is 458 g/mol. The Morgan fingerprint density at radius 2 is 2.31 bits per heavy atom. The van der Waals surface area contributed by atoms with Gasteiger partial charge in [-0.25, -0.2) is 9.79 Å². The van der Waals surface area contributed by atoms with Crippen molar-refractivity contribution in [3.05, 3.63) is 43.2 Å². The van der Waals surface area contributed by atoms with Crippen LogP contribution in [0.5, 0.6) is 5.75 Å². The summed E-state index contributed by atoms with van der Waals surface area (Å²) in [6, 6.07) is 3.11. The Kier molecular flexibility index (Phi) is 6.02. The molecule has 2 heterocycles. The molecule has 1 N–H and O–H groups in total. The lowest BCUT2D eigenvalue weighted by molar-refractivity contribution is -0.895. The van der Waals surface area contributed by atoms with Gasteiger partial charge >= 0.3 is 5.97 Å². The molecule has 0 saturated carbocycles. The Labute approximate surface area is 169 Å². The molecule has 0 radical (unpaired) electrons. The smallest absolute Gasteiger partial charge is 0.341 e. The summed E-state index contributed by atoms with van der Waals surface area (Å²) >= 11 is 10.7. The highest BCUT2D eigenvalue weighted by atomic mass is 79.9. The molecule has 0 amide bonds. The van der Waals surface area contributed by atoms with Gasteiger partial charge in [-0.3, -0.25) is 0 Å². The van der Waals surface area contributed by atoms with Gasteiger partial charge in [-0.1, -0.05) is 33.3 Å². The number of nitrogens with zero attached hydrogens (tertiary/aromatic N) is 1. The summed E-state index contributed by atoms with van der Waals surface area (Å²) in [6.45, 7) is 3.91. The number of benzene rings is 1. The van der Waals surface area contributed by atoms with Crippen molar-refractivity contribution in [2.75, 3.05) is 20.2 Å².